The molecule has 0 aromatic carbocycles. The molecule has 2 bridgehead atoms. The van der Waals surface area contributed by atoms with Crippen molar-refractivity contribution in [1.29, 1.82) is 0 Å². The molecule has 1 N–H and O–H groups in total. The second-order valence-corrected chi connectivity index (χ2v) is 14.4. The summed E-state index contributed by atoms with van der Waals surface area (Å²) in [4.78, 5) is 69.1. The molecule has 0 aromatic heterocycles. The molecule has 3 aliphatic heterocycles. The molecule has 0 saturated carbocycles. The smallest absolute Gasteiger partial charge is 0.316 e. The van der Waals surface area contributed by atoms with E-state index in [9.17, 15) is 29.1 Å². The summed E-state index contributed by atoms with van der Waals surface area (Å²) in [5.41, 5.74) is -3.36. The number of carbonyl (C=O) groups excluding carboxylic acids is 5. The minimum Gasteiger partial charge on any atom is -0.459 e. The van der Waals surface area contributed by atoms with E-state index < -0.39 is 102 Å². The quantitative estimate of drug-likeness (QED) is 0.335. The van der Waals surface area contributed by atoms with Gasteiger partial charge in [0, 0.05) is 24.7 Å². The molecule has 13 heteroatoms. The molecule has 0 spiro atoms. The van der Waals surface area contributed by atoms with E-state index in [0.717, 1.165) is 0 Å². The number of carbonyl (C=O) groups is 5. The van der Waals surface area contributed by atoms with Crippen molar-refractivity contribution in [2.24, 2.45) is 23.7 Å². The van der Waals surface area contributed by atoms with Gasteiger partial charge < -0.3 is 38.4 Å². The van der Waals surface area contributed by atoms with Gasteiger partial charge in [-0.3, -0.25) is 24.0 Å². The van der Waals surface area contributed by atoms with Gasteiger partial charge in [0.1, 0.15) is 36.6 Å². The van der Waals surface area contributed by atoms with Gasteiger partial charge in [-0.1, -0.05) is 27.7 Å². The Balaban J connectivity index is 2.23. The molecule has 3 saturated heterocycles. The summed E-state index contributed by atoms with van der Waals surface area (Å²) in [7, 11) is 3.70. The van der Waals surface area contributed by atoms with E-state index in [0.29, 0.717) is 6.42 Å². The summed E-state index contributed by atoms with van der Waals surface area (Å²) in [5.74, 6) is -6.68. The van der Waals surface area contributed by atoms with Crippen molar-refractivity contribution in [3.8, 4) is 0 Å². The predicted octanol–water partition coefficient (Wildman–Crippen LogP) is 2.27. The minimum absolute atomic E-state index is 0.00819. The van der Waals surface area contributed by atoms with Crippen LogP contribution in [0.5, 0.6) is 0 Å². The van der Waals surface area contributed by atoms with E-state index >= 15 is 0 Å². The Morgan fingerprint density at radius 3 is 2.21 bits per heavy atom. The van der Waals surface area contributed by atoms with Crippen LogP contribution in [0.15, 0.2) is 0 Å². The van der Waals surface area contributed by atoms with Crippen LogP contribution < -0.4 is 0 Å². The number of hydrogen-bond donors (Lipinski definition) is 1. The van der Waals surface area contributed by atoms with Crippen LogP contribution >= 0.6 is 0 Å². The highest BCUT2D eigenvalue weighted by Crippen LogP contribution is 2.40. The number of hydrogen-bond acceptors (Lipinski definition) is 13. The first-order valence-electron chi connectivity index (χ1n) is 16.7. The minimum atomic E-state index is -1.88. The SMILES string of the molecule is CC[C@H]1OC(=O)[C@H](C)C(=O)[C@H](C)[C@@H](O[C@@H]2O[C@H](C)C[C@H](N(C)C)[C@H]2OC(C)=O)[C@@]2(C)C[C@@H](C)C(=O)[C@H](C)[C@@H](OCC(=O)CO2)[C@]1(C)O. The van der Waals surface area contributed by atoms with E-state index in [1.54, 1.807) is 34.6 Å². The summed E-state index contributed by atoms with van der Waals surface area (Å²) >= 11 is 0. The van der Waals surface area contributed by atoms with E-state index in [4.69, 9.17) is 28.4 Å². The van der Waals surface area contributed by atoms with Crippen molar-refractivity contribution < 1.29 is 57.5 Å². The van der Waals surface area contributed by atoms with Gasteiger partial charge in [-0.2, -0.15) is 0 Å². The third-order valence-electron chi connectivity index (χ3n) is 10.1. The first-order valence-corrected chi connectivity index (χ1v) is 16.7. The van der Waals surface area contributed by atoms with Crippen LogP contribution in [0.1, 0.15) is 81.6 Å². The molecule has 3 rings (SSSR count). The van der Waals surface area contributed by atoms with Crippen molar-refractivity contribution in [2.75, 3.05) is 27.3 Å². The van der Waals surface area contributed by atoms with Crippen LogP contribution in [0, 0.1) is 23.7 Å². The Hall–Kier alpha value is -2.29. The normalized spacial score (nSPS) is 43.0. The van der Waals surface area contributed by atoms with E-state index in [2.05, 4.69) is 0 Å². The maximum atomic E-state index is 14.1. The number of Topliss-reactive ketones (excluding diaryl/α,β-unsaturated/α-hetero) is 3. The lowest BCUT2D eigenvalue weighted by atomic mass is 9.74. The monoisotopic (exact) mass is 669 g/mol. The van der Waals surface area contributed by atoms with Crippen molar-refractivity contribution in [1.82, 2.24) is 4.90 Å². The topological polar surface area (TPSA) is 164 Å². The highest BCUT2D eigenvalue weighted by Gasteiger charge is 2.53. The largest absolute Gasteiger partial charge is 0.459 e. The fourth-order valence-corrected chi connectivity index (χ4v) is 7.45. The molecule has 3 heterocycles. The van der Waals surface area contributed by atoms with Crippen molar-refractivity contribution in [2.45, 2.75) is 136 Å². The molecule has 47 heavy (non-hydrogen) atoms. The average molecular weight is 670 g/mol. The Morgan fingerprint density at radius 1 is 1.00 bits per heavy atom. The highest BCUT2D eigenvalue weighted by molar-refractivity contribution is 6.00. The zero-order chi connectivity index (χ0) is 35.6. The average Bonchev–Trinajstić information content (AvgIpc) is 3.00. The summed E-state index contributed by atoms with van der Waals surface area (Å²) in [6.45, 7) is 13.3. The lowest BCUT2D eigenvalue weighted by molar-refractivity contribution is -0.299. The number of likely N-dealkylation sites (N-methyl/N-ethyl adjacent to an activating group) is 1. The van der Waals surface area contributed by atoms with E-state index in [-0.39, 0.29) is 30.8 Å². The van der Waals surface area contributed by atoms with Gasteiger partial charge in [0.2, 0.25) is 0 Å². The number of fused-ring (bicyclic) bond motifs is 5. The summed E-state index contributed by atoms with van der Waals surface area (Å²) in [5, 5.41) is 11.8. The molecule has 0 aliphatic carbocycles. The highest BCUT2D eigenvalue weighted by atomic mass is 16.7. The molecular formula is C34H55NO12. The Kier molecular flexibility index (Phi) is 12.9. The molecule has 13 nitrogen and oxygen atoms in total. The molecule has 0 radical (unpaired) electrons. The summed E-state index contributed by atoms with van der Waals surface area (Å²) in [6, 6.07) is -0.303. The van der Waals surface area contributed by atoms with Crippen LogP contribution in [-0.2, 0) is 52.4 Å². The first-order chi connectivity index (χ1) is 21.7. The third kappa shape index (κ3) is 8.66. The molecule has 268 valence electrons. The van der Waals surface area contributed by atoms with Crippen LogP contribution in [-0.4, -0.2) is 121 Å². The Bertz CT molecular complexity index is 1170. The van der Waals surface area contributed by atoms with Gasteiger partial charge in [-0.25, -0.2) is 0 Å². The molecule has 0 amide bonds. The number of ether oxygens (including phenoxy) is 6. The molecule has 3 aliphatic rings. The first kappa shape index (κ1) is 39.2. The Morgan fingerprint density at radius 2 is 1.64 bits per heavy atom. The fourth-order valence-electron chi connectivity index (χ4n) is 7.45. The lowest BCUT2D eigenvalue weighted by Crippen LogP contribution is -2.60. The molecular weight excluding hydrogens is 614 g/mol. The predicted molar refractivity (Wildman–Crippen MR) is 168 cm³/mol. The fraction of sp³-hybridized carbons (Fsp3) is 0.853. The summed E-state index contributed by atoms with van der Waals surface area (Å²) < 4.78 is 36.7. The van der Waals surface area contributed by atoms with Crippen LogP contribution in [0.3, 0.4) is 0 Å². The standard InChI is InChI=1S/C34H55NO12/c1-12-25-34(9,41)30-19(4)26(38)17(2)14-33(8,43-16-23(37)15-42-30)29(20(5)27(39)21(6)31(40)46-25)47-32-28(45-22(7)36)24(35(10)11)13-18(3)44-32/h17-21,24-25,28-30,32,41H,12-16H2,1-11H3/t17-,18-,19+,20+,21-,24+,25-,28-,29-,30-,32+,33-,34-/m1/s1. The molecule has 0 aromatic rings. The molecule has 3 fully saturated rings. The van der Waals surface area contributed by atoms with E-state index in [1.807, 2.05) is 25.9 Å². The van der Waals surface area contributed by atoms with Gasteiger partial charge in [0.25, 0.3) is 0 Å². The third-order valence-corrected chi connectivity index (χ3v) is 10.1. The van der Waals surface area contributed by atoms with Gasteiger partial charge >= 0.3 is 11.9 Å². The maximum Gasteiger partial charge on any atom is 0.316 e. The Labute approximate surface area is 278 Å². The lowest BCUT2D eigenvalue weighted by Gasteiger charge is -2.47. The number of rotatable bonds is 5. The van der Waals surface area contributed by atoms with Crippen LogP contribution in [0.25, 0.3) is 0 Å². The number of ketones is 3. The van der Waals surface area contributed by atoms with Crippen molar-refractivity contribution in [3.05, 3.63) is 0 Å². The van der Waals surface area contributed by atoms with Crippen LogP contribution in [0.4, 0.5) is 0 Å². The second kappa shape index (κ2) is 15.5. The summed E-state index contributed by atoms with van der Waals surface area (Å²) in [6.07, 6.45) is -5.26. The number of aliphatic hydroxyl groups is 1. The van der Waals surface area contributed by atoms with Gasteiger partial charge in [-0.15, -0.1) is 0 Å². The number of esters is 2. The van der Waals surface area contributed by atoms with Gasteiger partial charge in [0.05, 0.1) is 30.0 Å². The van der Waals surface area contributed by atoms with Crippen LogP contribution in [0.2, 0.25) is 0 Å². The number of cyclic esters (lactones) is 1. The van der Waals surface area contributed by atoms with Crippen molar-refractivity contribution >= 4 is 29.3 Å². The van der Waals surface area contributed by atoms with Gasteiger partial charge in [0.15, 0.2) is 24.0 Å². The maximum absolute atomic E-state index is 14.1. The van der Waals surface area contributed by atoms with Crippen molar-refractivity contribution in [3.63, 3.8) is 0 Å². The van der Waals surface area contributed by atoms with Gasteiger partial charge in [-0.05, 0) is 61.1 Å². The second-order valence-electron chi connectivity index (χ2n) is 14.4. The zero-order valence-corrected chi connectivity index (χ0v) is 29.8. The molecule has 0 unspecified atom stereocenters. The molecule has 13 atom stereocenters. The van der Waals surface area contributed by atoms with E-state index in [1.165, 1.54) is 20.8 Å². The zero-order valence-electron chi connectivity index (χ0n) is 29.8. The number of nitrogens with zero attached hydrogens (tertiary/aromatic N) is 1.